The van der Waals surface area contributed by atoms with E-state index in [9.17, 15) is 9.90 Å². The number of rotatable bonds is 5. The van der Waals surface area contributed by atoms with Crippen LogP contribution in [-0.4, -0.2) is 42.2 Å². The summed E-state index contributed by atoms with van der Waals surface area (Å²) in [6.07, 6.45) is 2.46. The van der Waals surface area contributed by atoms with Gasteiger partial charge in [-0.2, -0.15) is 0 Å². The first kappa shape index (κ1) is 17.5. The largest absolute Gasteiger partial charge is 0.396 e. The number of aliphatic hydroxyl groups is 1. The Morgan fingerprint density at radius 3 is 2.73 bits per heavy atom. The number of amides is 1. The molecule has 1 aliphatic rings. The first-order valence-corrected chi connectivity index (χ1v) is 8.26. The minimum absolute atomic E-state index is 0.0548. The second-order valence-electron chi connectivity index (χ2n) is 6.24. The van der Waals surface area contributed by atoms with E-state index in [2.05, 4.69) is 17.1 Å². The van der Waals surface area contributed by atoms with Crippen LogP contribution in [0.15, 0.2) is 18.2 Å². The van der Waals surface area contributed by atoms with Gasteiger partial charge in [0.1, 0.15) is 0 Å². The van der Waals surface area contributed by atoms with Crippen LogP contribution >= 0.6 is 23.2 Å². The number of nitrogens with zero attached hydrogens (tertiary/aromatic N) is 1. The average Bonchev–Trinajstić information content (AvgIpc) is 2.49. The average molecular weight is 345 g/mol. The van der Waals surface area contributed by atoms with Gasteiger partial charge in [0.25, 0.3) is 0 Å². The van der Waals surface area contributed by atoms with Crippen LogP contribution in [0.5, 0.6) is 0 Å². The summed E-state index contributed by atoms with van der Waals surface area (Å²) in [7, 11) is 0. The van der Waals surface area contributed by atoms with Crippen LogP contribution in [0.2, 0.25) is 10.0 Å². The maximum absolute atomic E-state index is 12.1. The molecule has 0 aliphatic carbocycles. The van der Waals surface area contributed by atoms with Gasteiger partial charge in [0.15, 0.2) is 0 Å². The van der Waals surface area contributed by atoms with Crippen molar-refractivity contribution in [1.82, 2.24) is 4.90 Å². The highest BCUT2D eigenvalue weighted by Gasteiger charge is 2.30. The molecular weight excluding hydrogens is 323 g/mol. The Morgan fingerprint density at radius 2 is 2.09 bits per heavy atom. The molecule has 0 saturated carbocycles. The van der Waals surface area contributed by atoms with Gasteiger partial charge in [-0.25, -0.2) is 0 Å². The van der Waals surface area contributed by atoms with Gasteiger partial charge in [-0.15, -0.1) is 0 Å². The summed E-state index contributed by atoms with van der Waals surface area (Å²) in [4.78, 5) is 14.3. The third-order valence-electron chi connectivity index (χ3n) is 4.12. The van der Waals surface area contributed by atoms with E-state index in [4.69, 9.17) is 23.2 Å². The van der Waals surface area contributed by atoms with Crippen LogP contribution in [0, 0.1) is 5.41 Å². The zero-order chi connectivity index (χ0) is 16.2. The van der Waals surface area contributed by atoms with Crippen molar-refractivity contribution in [2.75, 3.05) is 31.6 Å². The molecule has 22 heavy (non-hydrogen) atoms. The third kappa shape index (κ3) is 4.59. The Morgan fingerprint density at radius 1 is 1.41 bits per heavy atom. The van der Waals surface area contributed by atoms with Gasteiger partial charge in [-0.05, 0) is 31.5 Å². The molecule has 122 valence electrons. The molecule has 0 spiro atoms. The number of aliphatic hydroxyl groups excluding tert-OH is 1. The molecule has 1 heterocycles. The summed E-state index contributed by atoms with van der Waals surface area (Å²) in [5.74, 6) is -0.105. The Kier molecular flexibility index (Phi) is 6.09. The zero-order valence-electron chi connectivity index (χ0n) is 12.7. The summed E-state index contributed by atoms with van der Waals surface area (Å²) in [6, 6.07) is 5.13. The normalized spacial score (nSPS) is 22.5. The van der Waals surface area contributed by atoms with E-state index in [1.165, 1.54) is 0 Å². The lowest BCUT2D eigenvalue weighted by Crippen LogP contribution is -2.44. The third-order valence-corrected chi connectivity index (χ3v) is 4.75. The molecule has 1 atom stereocenters. The number of carbonyl (C=O) groups excluding carboxylic acids is 1. The highest BCUT2D eigenvalue weighted by molar-refractivity contribution is 6.39. The molecule has 1 saturated heterocycles. The van der Waals surface area contributed by atoms with E-state index < -0.39 is 0 Å². The second kappa shape index (κ2) is 7.64. The number of para-hydroxylation sites is 1. The van der Waals surface area contributed by atoms with E-state index in [-0.39, 0.29) is 17.9 Å². The fourth-order valence-electron chi connectivity index (χ4n) is 2.83. The fraction of sp³-hybridized carbons (Fsp3) is 0.562. The molecule has 1 unspecified atom stereocenters. The zero-order valence-corrected chi connectivity index (χ0v) is 14.3. The minimum atomic E-state index is -0.105. The SMILES string of the molecule is CC1(CO)CCCN(CCC(=O)Nc2c(Cl)cccc2Cl)C1. The molecule has 6 heteroatoms. The van der Waals surface area contributed by atoms with Crippen molar-refractivity contribution in [2.45, 2.75) is 26.2 Å². The highest BCUT2D eigenvalue weighted by atomic mass is 35.5. The maximum atomic E-state index is 12.1. The summed E-state index contributed by atoms with van der Waals surface area (Å²) in [6.45, 7) is 4.73. The van der Waals surface area contributed by atoms with Crippen LogP contribution < -0.4 is 5.32 Å². The van der Waals surface area contributed by atoms with Gasteiger partial charge >= 0.3 is 0 Å². The number of carbonyl (C=O) groups is 1. The van der Waals surface area contributed by atoms with Crippen LogP contribution in [0.25, 0.3) is 0 Å². The Balaban J connectivity index is 1.85. The number of piperidine rings is 1. The number of hydrogen-bond donors (Lipinski definition) is 2. The van der Waals surface area contributed by atoms with E-state index in [1.54, 1.807) is 18.2 Å². The molecule has 1 fully saturated rings. The number of halogens is 2. The Labute approximate surface area is 141 Å². The van der Waals surface area contributed by atoms with Crippen molar-refractivity contribution in [3.8, 4) is 0 Å². The number of benzene rings is 1. The van der Waals surface area contributed by atoms with Crippen LogP contribution in [0.4, 0.5) is 5.69 Å². The van der Waals surface area contributed by atoms with Gasteiger partial charge in [0.2, 0.25) is 5.91 Å². The molecule has 1 aliphatic heterocycles. The summed E-state index contributed by atoms with van der Waals surface area (Å²) in [5.41, 5.74) is 0.413. The molecule has 0 aromatic heterocycles. The van der Waals surface area contributed by atoms with Crippen molar-refractivity contribution < 1.29 is 9.90 Å². The maximum Gasteiger partial charge on any atom is 0.225 e. The Bertz CT molecular complexity index is 519. The van der Waals surface area contributed by atoms with Crippen molar-refractivity contribution in [2.24, 2.45) is 5.41 Å². The predicted molar refractivity (Wildman–Crippen MR) is 90.6 cm³/mol. The number of hydrogen-bond acceptors (Lipinski definition) is 3. The van der Waals surface area contributed by atoms with Crippen molar-refractivity contribution in [1.29, 1.82) is 0 Å². The molecule has 1 aromatic rings. The number of likely N-dealkylation sites (tertiary alicyclic amines) is 1. The van der Waals surface area contributed by atoms with E-state index >= 15 is 0 Å². The quantitative estimate of drug-likeness (QED) is 0.860. The molecule has 2 rings (SSSR count). The lowest BCUT2D eigenvalue weighted by molar-refractivity contribution is -0.116. The predicted octanol–water partition coefficient (Wildman–Crippen LogP) is 3.42. The van der Waals surface area contributed by atoms with Crippen molar-refractivity contribution in [3.63, 3.8) is 0 Å². The summed E-state index contributed by atoms with van der Waals surface area (Å²) >= 11 is 12.1. The summed E-state index contributed by atoms with van der Waals surface area (Å²) < 4.78 is 0. The van der Waals surface area contributed by atoms with Gasteiger partial charge in [-0.1, -0.05) is 36.2 Å². The summed E-state index contributed by atoms with van der Waals surface area (Å²) in [5, 5.41) is 13.1. The second-order valence-corrected chi connectivity index (χ2v) is 7.06. The molecule has 0 radical (unpaired) electrons. The fourth-order valence-corrected chi connectivity index (χ4v) is 3.32. The van der Waals surface area contributed by atoms with Crippen LogP contribution in [-0.2, 0) is 4.79 Å². The number of nitrogens with one attached hydrogen (secondary N) is 1. The molecule has 2 N–H and O–H groups in total. The standard InChI is InChI=1S/C16H22Cl2N2O2/c1-16(11-21)7-3-8-20(10-16)9-6-14(22)19-15-12(17)4-2-5-13(15)18/h2,4-5,21H,3,6-11H2,1H3,(H,19,22). The monoisotopic (exact) mass is 344 g/mol. The lowest BCUT2D eigenvalue weighted by atomic mass is 9.83. The molecule has 1 aromatic carbocycles. The lowest BCUT2D eigenvalue weighted by Gasteiger charge is -2.39. The highest BCUT2D eigenvalue weighted by Crippen LogP contribution is 2.30. The van der Waals surface area contributed by atoms with E-state index in [1.807, 2.05) is 0 Å². The molecule has 0 bridgehead atoms. The Hall–Kier alpha value is -0.810. The van der Waals surface area contributed by atoms with Crippen LogP contribution in [0.1, 0.15) is 26.2 Å². The van der Waals surface area contributed by atoms with Crippen molar-refractivity contribution >= 4 is 34.8 Å². The van der Waals surface area contributed by atoms with Crippen molar-refractivity contribution in [3.05, 3.63) is 28.2 Å². The minimum Gasteiger partial charge on any atom is -0.396 e. The molecule has 1 amide bonds. The molecular formula is C16H22Cl2N2O2. The topological polar surface area (TPSA) is 52.6 Å². The van der Waals surface area contributed by atoms with Gasteiger partial charge in [0, 0.05) is 31.5 Å². The van der Waals surface area contributed by atoms with Gasteiger partial charge < -0.3 is 15.3 Å². The molecule has 4 nitrogen and oxygen atoms in total. The first-order chi connectivity index (χ1) is 10.4. The first-order valence-electron chi connectivity index (χ1n) is 7.51. The van der Waals surface area contributed by atoms with Gasteiger partial charge in [0.05, 0.1) is 15.7 Å². The van der Waals surface area contributed by atoms with E-state index in [0.29, 0.717) is 28.7 Å². The number of anilines is 1. The van der Waals surface area contributed by atoms with Crippen LogP contribution in [0.3, 0.4) is 0 Å². The smallest absolute Gasteiger partial charge is 0.225 e. The van der Waals surface area contributed by atoms with E-state index in [0.717, 1.165) is 25.9 Å². The van der Waals surface area contributed by atoms with Gasteiger partial charge in [-0.3, -0.25) is 4.79 Å².